The molecule has 0 saturated heterocycles. The molecule has 0 saturated carbocycles. The first kappa shape index (κ1) is 14.9. The van der Waals surface area contributed by atoms with Gasteiger partial charge in [0.25, 0.3) is 0 Å². The van der Waals surface area contributed by atoms with Crippen molar-refractivity contribution in [2.45, 2.75) is 13.1 Å². The van der Waals surface area contributed by atoms with Crippen LogP contribution in [0.3, 0.4) is 0 Å². The number of nitrogens with one attached hydrogen (secondary N) is 2. The number of hydrogen-bond acceptors (Lipinski definition) is 5. The number of anilines is 1. The molecule has 3 heterocycles. The number of nitrogens with zero attached hydrogens (tertiary/aromatic N) is 4. The predicted molar refractivity (Wildman–Crippen MR) is 94.9 cm³/mol. The van der Waals surface area contributed by atoms with E-state index in [0.29, 0.717) is 28.5 Å². The second-order valence-electron chi connectivity index (χ2n) is 5.66. The number of halogens is 1. The highest BCUT2D eigenvalue weighted by Gasteiger charge is 2.12. The third kappa shape index (κ3) is 2.47. The standard InChI is InChI=1S/C16H16ClN7/c1-19-5-12-4-9-2-11(17)3-10(13(9)23-12)6-24-8-22-14-15(18)20-7-21-16(14)24/h2-4,7-8,19,23H,5-6H2,1H3,(H2,18,20,21). The highest BCUT2D eigenvalue weighted by atomic mass is 35.5. The lowest BCUT2D eigenvalue weighted by atomic mass is 10.1. The van der Waals surface area contributed by atoms with Crippen molar-refractivity contribution in [2.24, 2.45) is 0 Å². The van der Waals surface area contributed by atoms with Crippen LogP contribution in [0.1, 0.15) is 11.3 Å². The average molecular weight is 342 g/mol. The van der Waals surface area contributed by atoms with Crippen molar-refractivity contribution in [1.29, 1.82) is 0 Å². The molecule has 0 spiro atoms. The number of nitrogens with two attached hydrogens (primary N) is 1. The number of H-pyrrole nitrogens is 1. The molecule has 4 N–H and O–H groups in total. The Bertz CT molecular complexity index is 1030. The van der Waals surface area contributed by atoms with Crippen LogP contribution in [0.25, 0.3) is 22.1 Å². The third-order valence-electron chi connectivity index (χ3n) is 3.97. The van der Waals surface area contributed by atoms with Crippen LogP contribution < -0.4 is 11.1 Å². The Hall–Kier alpha value is -2.64. The lowest BCUT2D eigenvalue weighted by Crippen LogP contribution is -2.05. The van der Waals surface area contributed by atoms with Gasteiger partial charge in [-0.15, -0.1) is 0 Å². The summed E-state index contributed by atoms with van der Waals surface area (Å²) in [7, 11) is 1.92. The molecule has 122 valence electrons. The zero-order valence-electron chi connectivity index (χ0n) is 13.0. The van der Waals surface area contributed by atoms with E-state index in [1.54, 1.807) is 6.33 Å². The predicted octanol–water partition coefficient (Wildman–Crippen LogP) is 2.31. The summed E-state index contributed by atoms with van der Waals surface area (Å²) in [6.07, 6.45) is 3.17. The number of aromatic amines is 1. The molecule has 0 radical (unpaired) electrons. The second kappa shape index (κ2) is 5.77. The maximum atomic E-state index is 6.29. The first-order valence-electron chi connectivity index (χ1n) is 7.51. The number of benzene rings is 1. The van der Waals surface area contributed by atoms with Crippen LogP contribution in [0.5, 0.6) is 0 Å². The molecule has 0 amide bonds. The highest BCUT2D eigenvalue weighted by molar-refractivity contribution is 6.31. The molecule has 8 heteroatoms. The summed E-state index contributed by atoms with van der Waals surface area (Å²) < 4.78 is 1.94. The van der Waals surface area contributed by atoms with Gasteiger partial charge in [0.1, 0.15) is 11.8 Å². The fraction of sp³-hybridized carbons (Fsp3) is 0.188. The van der Waals surface area contributed by atoms with Crippen LogP contribution in [-0.2, 0) is 13.1 Å². The molecule has 0 unspecified atom stereocenters. The van der Waals surface area contributed by atoms with Gasteiger partial charge in [0, 0.05) is 22.6 Å². The van der Waals surface area contributed by atoms with Crippen LogP contribution in [-0.4, -0.2) is 31.6 Å². The van der Waals surface area contributed by atoms with Gasteiger partial charge in [0.05, 0.1) is 18.4 Å². The van der Waals surface area contributed by atoms with Crippen molar-refractivity contribution < 1.29 is 0 Å². The number of hydrogen-bond donors (Lipinski definition) is 3. The smallest absolute Gasteiger partial charge is 0.165 e. The zero-order valence-corrected chi connectivity index (χ0v) is 13.8. The van der Waals surface area contributed by atoms with E-state index in [4.69, 9.17) is 17.3 Å². The van der Waals surface area contributed by atoms with E-state index in [1.165, 1.54) is 6.33 Å². The molecule has 4 rings (SSSR count). The van der Waals surface area contributed by atoms with Crippen molar-refractivity contribution >= 4 is 39.5 Å². The fourth-order valence-corrected chi connectivity index (χ4v) is 3.19. The minimum Gasteiger partial charge on any atom is -0.382 e. The molecule has 3 aromatic heterocycles. The second-order valence-corrected chi connectivity index (χ2v) is 6.09. The lowest BCUT2D eigenvalue weighted by Gasteiger charge is -2.07. The van der Waals surface area contributed by atoms with Crippen molar-refractivity contribution in [1.82, 2.24) is 29.8 Å². The molecule has 0 fully saturated rings. The van der Waals surface area contributed by atoms with E-state index in [2.05, 4.69) is 31.3 Å². The molecule has 0 atom stereocenters. The van der Waals surface area contributed by atoms with Crippen LogP contribution >= 0.6 is 11.6 Å². The summed E-state index contributed by atoms with van der Waals surface area (Å²) in [6, 6.07) is 6.02. The van der Waals surface area contributed by atoms with Gasteiger partial charge in [0.2, 0.25) is 0 Å². The molecule has 0 aliphatic rings. The number of imidazole rings is 1. The van der Waals surface area contributed by atoms with E-state index in [-0.39, 0.29) is 0 Å². The van der Waals surface area contributed by atoms with Crippen molar-refractivity contribution in [3.8, 4) is 0 Å². The Morgan fingerprint density at radius 3 is 2.96 bits per heavy atom. The molecule has 24 heavy (non-hydrogen) atoms. The van der Waals surface area contributed by atoms with Crippen molar-refractivity contribution in [3.05, 3.63) is 47.1 Å². The SMILES string of the molecule is CNCc1cc2cc(Cl)cc(Cn3cnc4c(N)ncnc43)c2[nH]1. The summed E-state index contributed by atoms with van der Waals surface area (Å²) in [5.41, 5.74) is 10.4. The number of aromatic nitrogens is 5. The van der Waals surface area contributed by atoms with Gasteiger partial charge in [-0.25, -0.2) is 15.0 Å². The Balaban J connectivity index is 1.82. The summed E-state index contributed by atoms with van der Waals surface area (Å²) >= 11 is 6.29. The normalized spacial score (nSPS) is 11.6. The number of nitrogen functional groups attached to an aromatic ring is 1. The van der Waals surface area contributed by atoms with Gasteiger partial charge in [-0.3, -0.25) is 0 Å². The van der Waals surface area contributed by atoms with Gasteiger partial charge >= 0.3 is 0 Å². The van der Waals surface area contributed by atoms with Gasteiger partial charge in [-0.2, -0.15) is 0 Å². The van der Waals surface area contributed by atoms with E-state index in [9.17, 15) is 0 Å². The largest absolute Gasteiger partial charge is 0.382 e. The maximum Gasteiger partial charge on any atom is 0.165 e. The summed E-state index contributed by atoms with van der Waals surface area (Å²) in [6.45, 7) is 1.35. The monoisotopic (exact) mass is 341 g/mol. The molecule has 1 aromatic carbocycles. The number of rotatable bonds is 4. The molecular formula is C16H16ClN7. The van der Waals surface area contributed by atoms with Gasteiger partial charge in [-0.05, 0) is 30.8 Å². The van der Waals surface area contributed by atoms with E-state index >= 15 is 0 Å². The summed E-state index contributed by atoms with van der Waals surface area (Å²) in [5, 5.41) is 4.93. The van der Waals surface area contributed by atoms with Crippen molar-refractivity contribution in [2.75, 3.05) is 12.8 Å². The van der Waals surface area contributed by atoms with E-state index < -0.39 is 0 Å². The first-order valence-corrected chi connectivity index (χ1v) is 7.89. The van der Waals surface area contributed by atoms with Crippen LogP contribution in [0.4, 0.5) is 5.82 Å². The Kier molecular flexibility index (Phi) is 3.59. The van der Waals surface area contributed by atoms with E-state index in [1.807, 2.05) is 23.7 Å². The maximum absolute atomic E-state index is 6.29. The van der Waals surface area contributed by atoms with Crippen LogP contribution in [0.2, 0.25) is 5.02 Å². The zero-order chi connectivity index (χ0) is 16.7. The van der Waals surface area contributed by atoms with Crippen LogP contribution in [0.15, 0.2) is 30.9 Å². The van der Waals surface area contributed by atoms with Gasteiger partial charge in [-0.1, -0.05) is 11.6 Å². The molecule has 0 bridgehead atoms. The molecule has 7 nitrogen and oxygen atoms in total. The minimum absolute atomic E-state index is 0.381. The Morgan fingerprint density at radius 1 is 1.25 bits per heavy atom. The summed E-state index contributed by atoms with van der Waals surface area (Å²) in [5.74, 6) is 0.381. The molecule has 0 aliphatic carbocycles. The van der Waals surface area contributed by atoms with Crippen LogP contribution in [0, 0.1) is 0 Å². The molecule has 0 aliphatic heterocycles. The van der Waals surface area contributed by atoms with E-state index in [0.717, 1.165) is 28.7 Å². The quantitative estimate of drug-likeness (QED) is 0.529. The first-order chi connectivity index (χ1) is 11.7. The minimum atomic E-state index is 0.381. The summed E-state index contributed by atoms with van der Waals surface area (Å²) in [4.78, 5) is 16.0. The Morgan fingerprint density at radius 2 is 2.12 bits per heavy atom. The van der Waals surface area contributed by atoms with Gasteiger partial charge in [0.15, 0.2) is 11.5 Å². The fourth-order valence-electron chi connectivity index (χ4n) is 2.95. The molecular weight excluding hydrogens is 326 g/mol. The van der Waals surface area contributed by atoms with Crippen molar-refractivity contribution in [3.63, 3.8) is 0 Å². The highest BCUT2D eigenvalue weighted by Crippen LogP contribution is 2.26. The topological polar surface area (TPSA) is 97.4 Å². The number of fused-ring (bicyclic) bond motifs is 2. The Labute approximate surface area is 142 Å². The lowest BCUT2D eigenvalue weighted by molar-refractivity contribution is 0.796. The molecule has 4 aromatic rings. The van der Waals surface area contributed by atoms with Gasteiger partial charge < -0.3 is 20.6 Å². The third-order valence-corrected chi connectivity index (χ3v) is 4.19. The average Bonchev–Trinajstić information content (AvgIpc) is 3.13.